The van der Waals surface area contributed by atoms with E-state index in [2.05, 4.69) is 27.9 Å². The lowest BCUT2D eigenvalue weighted by Gasteiger charge is -2.33. The summed E-state index contributed by atoms with van der Waals surface area (Å²) in [5.41, 5.74) is 1.12. The van der Waals surface area contributed by atoms with E-state index in [1.807, 2.05) is 23.2 Å². The van der Waals surface area contributed by atoms with Crippen LogP contribution in [0.3, 0.4) is 0 Å². The second-order valence-corrected chi connectivity index (χ2v) is 10.1. The quantitative estimate of drug-likeness (QED) is 0.400. The zero-order chi connectivity index (χ0) is 35.5. The van der Waals surface area contributed by atoms with Gasteiger partial charge in [-0.15, -0.1) is 0 Å². The van der Waals surface area contributed by atoms with E-state index in [1.54, 1.807) is 0 Å². The Morgan fingerprint density at radius 3 is 1.70 bits per heavy atom. The molecule has 21 heteroatoms. The third-order valence-corrected chi connectivity index (χ3v) is 6.49. The van der Waals surface area contributed by atoms with Crippen molar-refractivity contribution in [1.82, 2.24) is 19.7 Å². The number of aliphatic carboxylic acids is 3. The van der Waals surface area contributed by atoms with Gasteiger partial charge in [-0.05, 0) is 25.6 Å². The normalized spacial score (nSPS) is 21.8. The second kappa shape index (κ2) is 17.3. The first-order valence-electron chi connectivity index (χ1n) is 13.1. The lowest BCUT2D eigenvalue weighted by molar-refractivity contribution is -0.193. The van der Waals surface area contributed by atoms with Crippen LogP contribution in [-0.2, 0) is 30.5 Å². The number of piperazine rings is 1. The van der Waals surface area contributed by atoms with Crippen molar-refractivity contribution in [3.63, 3.8) is 0 Å². The molecule has 1 amide bonds. The van der Waals surface area contributed by atoms with E-state index in [9.17, 15) is 44.3 Å². The van der Waals surface area contributed by atoms with Gasteiger partial charge < -0.3 is 29.9 Å². The molecule has 3 saturated heterocycles. The molecule has 1 aromatic rings. The molecule has 0 spiro atoms. The van der Waals surface area contributed by atoms with Gasteiger partial charge >= 0.3 is 36.4 Å². The Bertz CT molecular complexity index is 1070. The standard InChI is InChI=1S/C19H28N4O2.3C2HF3O2/c1-21-6-8-23(9-7-21)19(24)11-17-10-15-12-22(14-18(15)25-17)13-16-4-2-3-5-20-16;3*3-2(4,5)1(6)7/h2-5,15,17-18H,6-14H2,1H3;3*(H,6,7)/t15-,17-,18+;;;/m0.../s1. The van der Waals surface area contributed by atoms with Crippen molar-refractivity contribution >= 4 is 23.8 Å². The van der Waals surface area contributed by atoms with Crippen molar-refractivity contribution in [2.45, 2.75) is 50.1 Å². The average molecular weight is 687 g/mol. The van der Waals surface area contributed by atoms with Gasteiger partial charge in [-0.3, -0.25) is 14.7 Å². The van der Waals surface area contributed by atoms with Crippen LogP contribution in [0.4, 0.5) is 39.5 Å². The molecule has 3 fully saturated rings. The minimum Gasteiger partial charge on any atom is -0.475 e. The number of likely N-dealkylation sites (N-methyl/N-ethyl adjacent to an activating group) is 1. The van der Waals surface area contributed by atoms with Crippen LogP contribution in [0.25, 0.3) is 0 Å². The van der Waals surface area contributed by atoms with Gasteiger partial charge in [-0.2, -0.15) is 39.5 Å². The SMILES string of the molecule is CN1CCN(C(=O)C[C@@H]2C[C@H]3CN(Cc4ccccn4)C[C@H]3O2)CC1.O=C(O)C(F)(F)F.O=C(O)C(F)(F)F.O=C(O)C(F)(F)F. The summed E-state index contributed by atoms with van der Waals surface area (Å²) < 4.78 is 101. The number of carbonyl (C=O) groups is 4. The number of aromatic nitrogens is 1. The van der Waals surface area contributed by atoms with Crippen LogP contribution in [0.1, 0.15) is 18.5 Å². The van der Waals surface area contributed by atoms with E-state index in [1.165, 1.54) is 0 Å². The van der Waals surface area contributed by atoms with Crippen molar-refractivity contribution in [2.24, 2.45) is 5.92 Å². The fourth-order valence-corrected chi connectivity index (χ4v) is 4.31. The minimum absolute atomic E-state index is 0.110. The predicted molar refractivity (Wildman–Crippen MR) is 136 cm³/mol. The number of carbonyl (C=O) groups excluding carboxylic acids is 1. The number of nitrogens with zero attached hydrogens (tertiary/aromatic N) is 4. The fourth-order valence-electron chi connectivity index (χ4n) is 4.31. The first-order chi connectivity index (χ1) is 21.0. The van der Waals surface area contributed by atoms with E-state index in [0.717, 1.165) is 57.9 Å². The number of ether oxygens (including phenoxy) is 1. The summed E-state index contributed by atoms with van der Waals surface area (Å²) in [4.78, 5) is 50.3. The molecular weight excluding hydrogens is 655 g/mol. The third-order valence-electron chi connectivity index (χ3n) is 6.49. The molecule has 0 aliphatic carbocycles. The Hall–Kier alpha value is -3.72. The van der Waals surface area contributed by atoms with Gasteiger partial charge in [0, 0.05) is 57.9 Å². The minimum atomic E-state index is -5.08. The van der Waals surface area contributed by atoms with Crippen molar-refractivity contribution < 1.29 is 78.7 Å². The number of likely N-dealkylation sites (tertiary alicyclic amines) is 1. The van der Waals surface area contributed by atoms with E-state index >= 15 is 0 Å². The smallest absolute Gasteiger partial charge is 0.475 e. The highest BCUT2D eigenvalue weighted by molar-refractivity contribution is 5.77. The van der Waals surface area contributed by atoms with Gasteiger partial charge in [-0.1, -0.05) is 6.07 Å². The number of hydrogen-bond acceptors (Lipinski definition) is 8. The Morgan fingerprint density at radius 1 is 0.826 bits per heavy atom. The molecule has 0 radical (unpaired) electrons. The molecule has 0 saturated carbocycles. The van der Waals surface area contributed by atoms with Gasteiger partial charge in [0.1, 0.15) is 0 Å². The van der Waals surface area contributed by atoms with Crippen LogP contribution in [0.5, 0.6) is 0 Å². The Kier molecular flexibility index (Phi) is 15.1. The topological polar surface area (TPSA) is 161 Å². The Balaban J connectivity index is 0.000000413. The van der Waals surface area contributed by atoms with Crippen molar-refractivity contribution in [3.05, 3.63) is 30.1 Å². The van der Waals surface area contributed by atoms with Crippen LogP contribution < -0.4 is 0 Å². The molecule has 0 aromatic carbocycles. The number of halogens is 9. The second-order valence-electron chi connectivity index (χ2n) is 10.1. The van der Waals surface area contributed by atoms with E-state index in [0.29, 0.717) is 12.3 Å². The van der Waals surface area contributed by atoms with Gasteiger partial charge in [-0.25, -0.2) is 14.4 Å². The highest BCUT2D eigenvalue weighted by atomic mass is 19.4. The summed E-state index contributed by atoms with van der Waals surface area (Å²) in [7, 11) is 2.11. The molecule has 3 aliphatic heterocycles. The predicted octanol–water partition coefficient (Wildman–Crippen LogP) is 2.73. The number of carboxylic acids is 3. The van der Waals surface area contributed by atoms with Crippen LogP contribution in [0.2, 0.25) is 0 Å². The van der Waals surface area contributed by atoms with Gasteiger partial charge in [0.05, 0.1) is 24.3 Å². The third kappa shape index (κ3) is 15.0. The van der Waals surface area contributed by atoms with Gasteiger partial charge in [0.15, 0.2) is 0 Å². The maximum Gasteiger partial charge on any atom is 0.490 e. The number of carboxylic acid groups (broad SMARTS) is 3. The molecule has 3 aliphatic rings. The molecule has 262 valence electrons. The summed E-state index contributed by atoms with van der Waals surface area (Å²) in [5, 5.41) is 21.4. The molecule has 46 heavy (non-hydrogen) atoms. The molecule has 4 rings (SSSR count). The summed E-state index contributed by atoms with van der Waals surface area (Å²) in [6, 6.07) is 6.06. The van der Waals surface area contributed by atoms with Crippen molar-refractivity contribution in [3.8, 4) is 0 Å². The monoisotopic (exact) mass is 686 g/mol. The summed E-state index contributed by atoms with van der Waals surface area (Å²) in [6.45, 7) is 6.57. The zero-order valence-electron chi connectivity index (χ0n) is 24.0. The molecule has 1 aromatic heterocycles. The van der Waals surface area contributed by atoms with E-state index in [4.69, 9.17) is 34.4 Å². The Morgan fingerprint density at radius 2 is 1.30 bits per heavy atom. The molecule has 12 nitrogen and oxygen atoms in total. The van der Waals surface area contributed by atoms with Crippen molar-refractivity contribution in [2.75, 3.05) is 46.3 Å². The maximum absolute atomic E-state index is 12.5. The van der Waals surface area contributed by atoms with E-state index < -0.39 is 36.4 Å². The molecule has 4 heterocycles. The highest BCUT2D eigenvalue weighted by Crippen LogP contribution is 2.35. The first kappa shape index (κ1) is 40.3. The first-order valence-corrected chi connectivity index (χ1v) is 13.1. The number of alkyl halides is 9. The highest BCUT2D eigenvalue weighted by Gasteiger charge is 2.43. The number of hydrogen-bond donors (Lipinski definition) is 3. The van der Waals surface area contributed by atoms with Crippen LogP contribution in [0.15, 0.2) is 24.4 Å². The fraction of sp³-hybridized carbons (Fsp3) is 0.640. The lowest BCUT2D eigenvalue weighted by atomic mass is 10.0. The molecule has 0 unspecified atom stereocenters. The maximum atomic E-state index is 12.5. The van der Waals surface area contributed by atoms with Crippen LogP contribution in [0, 0.1) is 5.92 Å². The summed E-state index contributed by atoms with van der Waals surface area (Å²) >= 11 is 0. The summed E-state index contributed by atoms with van der Waals surface area (Å²) in [5.74, 6) is -7.44. The molecule has 0 bridgehead atoms. The Labute approximate surface area is 255 Å². The molecule has 3 atom stereocenters. The summed E-state index contributed by atoms with van der Waals surface area (Å²) in [6.07, 6.45) is -11.4. The van der Waals surface area contributed by atoms with Crippen LogP contribution in [-0.4, -0.2) is 136 Å². The zero-order valence-corrected chi connectivity index (χ0v) is 24.0. The van der Waals surface area contributed by atoms with E-state index in [-0.39, 0.29) is 18.1 Å². The average Bonchev–Trinajstić information content (AvgIpc) is 3.47. The number of fused-ring (bicyclic) bond motifs is 1. The molecular formula is C25H31F9N4O8. The lowest BCUT2D eigenvalue weighted by Crippen LogP contribution is -2.47. The number of rotatable bonds is 4. The largest absolute Gasteiger partial charge is 0.490 e. The molecule has 3 N–H and O–H groups in total. The number of amides is 1. The van der Waals surface area contributed by atoms with Gasteiger partial charge in [0.25, 0.3) is 0 Å². The number of pyridine rings is 1. The van der Waals surface area contributed by atoms with Crippen molar-refractivity contribution in [1.29, 1.82) is 0 Å². The van der Waals surface area contributed by atoms with Gasteiger partial charge in [0.2, 0.25) is 5.91 Å². The van der Waals surface area contributed by atoms with Crippen LogP contribution >= 0.6 is 0 Å².